The molecule has 0 aromatic carbocycles. The number of nitrogens with one attached hydrogen (secondary N) is 1. The van der Waals surface area contributed by atoms with Crippen molar-refractivity contribution in [1.82, 2.24) is 10.3 Å². The lowest BCUT2D eigenvalue weighted by molar-refractivity contribution is 0.304. The molecule has 1 N–H and O–H groups in total. The highest BCUT2D eigenvalue weighted by atomic mass is 79.9. The summed E-state index contributed by atoms with van der Waals surface area (Å²) in [6.07, 6.45) is 11.5. The van der Waals surface area contributed by atoms with E-state index in [1.165, 1.54) is 36.8 Å². The normalized spacial score (nSPS) is 28.4. The third-order valence-electron chi connectivity index (χ3n) is 3.86. The Morgan fingerprint density at radius 3 is 3.12 bits per heavy atom. The zero-order chi connectivity index (χ0) is 11.7. The van der Waals surface area contributed by atoms with Gasteiger partial charge in [-0.25, -0.2) is 0 Å². The van der Waals surface area contributed by atoms with Gasteiger partial charge in [0, 0.05) is 22.9 Å². The maximum absolute atomic E-state index is 4.28. The number of allylic oxidation sites excluding steroid dienone is 1. The molecular formula is C14H17BrN2. The molecule has 17 heavy (non-hydrogen) atoms. The quantitative estimate of drug-likeness (QED) is 0.858. The highest BCUT2D eigenvalue weighted by molar-refractivity contribution is 9.10. The second-order valence-electron chi connectivity index (χ2n) is 4.96. The van der Waals surface area contributed by atoms with Crippen LogP contribution in [0, 0.1) is 5.92 Å². The first kappa shape index (κ1) is 11.4. The van der Waals surface area contributed by atoms with Gasteiger partial charge in [0.25, 0.3) is 0 Å². The molecule has 90 valence electrons. The van der Waals surface area contributed by atoms with Gasteiger partial charge in [0.2, 0.25) is 0 Å². The third kappa shape index (κ3) is 2.31. The lowest BCUT2D eigenvalue weighted by Gasteiger charge is -2.37. The third-order valence-corrected chi connectivity index (χ3v) is 4.30. The number of piperidine rings is 1. The summed E-state index contributed by atoms with van der Waals surface area (Å²) in [6, 6.07) is 2.73. The van der Waals surface area contributed by atoms with Gasteiger partial charge in [0.15, 0.2) is 0 Å². The largest absolute Gasteiger partial charge is 0.310 e. The second kappa shape index (κ2) is 4.91. The molecule has 1 fully saturated rings. The standard InChI is InChI=1S/C14H17BrN2/c15-12-7-11(8-16-9-12)13-5-1-3-10-4-2-6-17-14(10)13/h5,7-10,14,17H,1-4,6H2/t10-,14+/m0/s1. The van der Waals surface area contributed by atoms with Gasteiger partial charge in [-0.3, -0.25) is 4.98 Å². The zero-order valence-corrected chi connectivity index (χ0v) is 11.4. The highest BCUT2D eigenvalue weighted by Crippen LogP contribution is 2.36. The molecule has 1 aliphatic carbocycles. The van der Waals surface area contributed by atoms with Gasteiger partial charge >= 0.3 is 0 Å². The lowest BCUT2D eigenvalue weighted by Crippen LogP contribution is -2.43. The van der Waals surface area contributed by atoms with E-state index >= 15 is 0 Å². The number of hydrogen-bond donors (Lipinski definition) is 1. The van der Waals surface area contributed by atoms with Gasteiger partial charge in [-0.05, 0) is 71.3 Å². The molecule has 3 heteroatoms. The van der Waals surface area contributed by atoms with Crippen LogP contribution in [0.3, 0.4) is 0 Å². The topological polar surface area (TPSA) is 24.9 Å². The van der Waals surface area contributed by atoms with Gasteiger partial charge in [0.1, 0.15) is 0 Å². The number of fused-ring (bicyclic) bond motifs is 1. The van der Waals surface area contributed by atoms with Crippen LogP contribution in [0.4, 0.5) is 0 Å². The fraction of sp³-hybridized carbons (Fsp3) is 0.500. The van der Waals surface area contributed by atoms with Gasteiger partial charge in [0.05, 0.1) is 0 Å². The Morgan fingerprint density at radius 1 is 1.29 bits per heavy atom. The van der Waals surface area contributed by atoms with Crippen LogP contribution in [0.15, 0.2) is 29.0 Å². The summed E-state index contributed by atoms with van der Waals surface area (Å²) >= 11 is 3.51. The Morgan fingerprint density at radius 2 is 2.24 bits per heavy atom. The minimum absolute atomic E-state index is 0.550. The van der Waals surface area contributed by atoms with Gasteiger partial charge < -0.3 is 5.32 Å². The summed E-state index contributed by atoms with van der Waals surface area (Å²) in [5.74, 6) is 0.822. The number of rotatable bonds is 1. The molecule has 0 spiro atoms. The van der Waals surface area contributed by atoms with Crippen LogP contribution >= 0.6 is 15.9 Å². The SMILES string of the molecule is Brc1cncc(C2=CCC[C@H]3CCCN[C@@H]23)c1. The van der Waals surface area contributed by atoms with Crippen LogP contribution in [0.5, 0.6) is 0 Å². The number of aromatic nitrogens is 1. The van der Waals surface area contributed by atoms with Crippen LogP contribution < -0.4 is 5.32 Å². The Balaban J connectivity index is 1.93. The van der Waals surface area contributed by atoms with E-state index in [4.69, 9.17) is 0 Å². The number of pyridine rings is 1. The minimum atomic E-state index is 0.550. The van der Waals surface area contributed by atoms with Crippen LogP contribution in [0.25, 0.3) is 5.57 Å². The first-order chi connectivity index (χ1) is 8.34. The van der Waals surface area contributed by atoms with Crippen molar-refractivity contribution >= 4 is 21.5 Å². The van der Waals surface area contributed by atoms with Gasteiger partial charge in [-0.15, -0.1) is 0 Å². The first-order valence-electron chi connectivity index (χ1n) is 6.39. The summed E-state index contributed by atoms with van der Waals surface area (Å²) in [7, 11) is 0. The van der Waals surface area contributed by atoms with E-state index in [9.17, 15) is 0 Å². The van der Waals surface area contributed by atoms with E-state index in [2.05, 4.69) is 38.4 Å². The number of hydrogen-bond acceptors (Lipinski definition) is 2. The molecule has 1 aromatic rings. The van der Waals surface area contributed by atoms with E-state index in [1.54, 1.807) is 0 Å². The predicted molar refractivity (Wildman–Crippen MR) is 73.7 cm³/mol. The Hall–Kier alpha value is -0.670. The second-order valence-corrected chi connectivity index (χ2v) is 5.88. The van der Waals surface area contributed by atoms with Crippen molar-refractivity contribution in [2.24, 2.45) is 5.92 Å². The summed E-state index contributed by atoms with van der Waals surface area (Å²) < 4.78 is 1.06. The van der Waals surface area contributed by atoms with Crippen LogP contribution in [-0.4, -0.2) is 17.6 Å². The van der Waals surface area contributed by atoms with Crippen LogP contribution in [-0.2, 0) is 0 Å². The number of halogens is 1. The molecule has 2 nitrogen and oxygen atoms in total. The average molecular weight is 293 g/mol. The molecule has 0 bridgehead atoms. The van der Waals surface area contributed by atoms with Crippen molar-refractivity contribution in [3.8, 4) is 0 Å². The maximum Gasteiger partial charge on any atom is 0.0410 e. The zero-order valence-electron chi connectivity index (χ0n) is 9.82. The van der Waals surface area contributed by atoms with Gasteiger partial charge in [-0.2, -0.15) is 0 Å². The van der Waals surface area contributed by atoms with E-state index in [0.29, 0.717) is 6.04 Å². The van der Waals surface area contributed by atoms with E-state index < -0.39 is 0 Å². The van der Waals surface area contributed by atoms with E-state index in [-0.39, 0.29) is 0 Å². The summed E-state index contributed by atoms with van der Waals surface area (Å²) in [6.45, 7) is 1.15. The Bertz CT molecular complexity index is 442. The van der Waals surface area contributed by atoms with Crippen molar-refractivity contribution in [2.45, 2.75) is 31.7 Å². The van der Waals surface area contributed by atoms with Crippen molar-refractivity contribution in [1.29, 1.82) is 0 Å². The smallest absolute Gasteiger partial charge is 0.0410 e. The first-order valence-corrected chi connectivity index (χ1v) is 7.18. The molecule has 0 radical (unpaired) electrons. The molecule has 0 unspecified atom stereocenters. The average Bonchev–Trinajstić information content (AvgIpc) is 2.38. The molecule has 3 rings (SSSR count). The fourth-order valence-electron chi connectivity index (χ4n) is 3.08. The predicted octanol–water partition coefficient (Wildman–Crippen LogP) is 3.39. The maximum atomic E-state index is 4.28. The number of nitrogens with zero attached hydrogens (tertiary/aromatic N) is 1. The molecule has 1 aliphatic heterocycles. The molecule has 0 saturated carbocycles. The molecular weight excluding hydrogens is 276 g/mol. The molecule has 2 atom stereocenters. The summed E-state index contributed by atoms with van der Waals surface area (Å²) in [5.41, 5.74) is 2.72. The summed E-state index contributed by atoms with van der Waals surface area (Å²) in [5, 5.41) is 3.68. The van der Waals surface area contributed by atoms with Gasteiger partial charge in [-0.1, -0.05) is 6.08 Å². The lowest BCUT2D eigenvalue weighted by atomic mass is 9.77. The minimum Gasteiger partial charge on any atom is -0.310 e. The van der Waals surface area contributed by atoms with E-state index in [1.807, 2.05) is 12.4 Å². The molecule has 1 saturated heterocycles. The highest BCUT2D eigenvalue weighted by Gasteiger charge is 2.30. The van der Waals surface area contributed by atoms with Crippen molar-refractivity contribution < 1.29 is 0 Å². The van der Waals surface area contributed by atoms with Crippen molar-refractivity contribution in [3.63, 3.8) is 0 Å². The molecule has 2 heterocycles. The fourth-order valence-corrected chi connectivity index (χ4v) is 3.44. The van der Waals surface area contributed by atoms with Crippen molar-refractivity contribution in [3.05, 3.63) is 34.6 Å². The van der Waals surface area contributed by atoms with Crippen LogP contribution in [0.2, 0.25) is 0 Å². The molecule has 0 amide bonds. The van der Waals surface area contributed by atoms with E-state index in [0.717, 1.165) is 16.9 Å². The molecule has 1 aromatic heterocycles. The Labute approximate surface area is 111 Å². The van der Waals surface area contributed by atoms with Crippen LogP contribution in [0.1, 0.15) is 31.2 Å². The molecule has 2 aliphatic rings. The Kier molecular flexibility index (Phi) is 3.30. The summed E-state index contributed by atoms with van der Waals surface area (Å²) in [4.78, 5) is 4.28. The monoisotopic (exact) mass is 292 g/mol. The van der Waals surface area contributed by atoms with Crippen molar-refractivity contribution in [2.75, 3.05) is 6.54 Å².